The Morgan fingerprint density at radius 1 is 1.27 bits per heavy atom. The molecule has 0 amide bonds. The molecule has 7 heteroatoms. The van der Waals surface area contributed by atoms with Crippen LogP contribution in [-0.2, 0) is 17.8 Å². The molecule has 3 heterocycles. The van der Waals surface area contributed by atoms with Gasteiger partial charge in [0, 0.05) is 43.9 Å². The van der Waals surface area contributed by atoms with Crippen molar-refractivity contribution in [2.24, 2.45) is 5.92 Å². The first-order valence-electron chi connectivity index (χ1n) is 9.26. The minimum atomic E-state index is 0.687. The molecule has 2 aliphatic heterocycles. The van der Waals surface area contributed by atoms with E-state index in [0.29, 0.717) is 5.02 Å². The number of benzene rings is 1. The molecule has 0 saturated carbocycles. The van der Waals surface area contributed by atoms with E-state index >= 15 is 0 Å². The predicted octanol–water partition coefficient (Wildman–Crippen LogP) is 4.67. The lowest BCUT2D eigenvalue weighted by atomic mass is 9.99. The second-order valence-electron chi connectivity index (χ2n) is 7.09. The number of nitrogens with zero attached hydrogens (tertiary/aromatic N) is 3. The molecular formula is C19H24BrClN4O. The lowest BCUT2D eigenvalue weighted by Gasteiger charge is -2.28. The molecule has 1 aromatic carbocycles. The second kappa shape index (κ2) is 8.30. The Hall–Kier alpha value is -1.08. The molecule has 26 heavy (non-hydrogen) atoms. The number of aromatic nitrogens is 2. The zero-order chi connectivity index (χ0) is 17.9. The molecule has 0 spiro atoms. The quantitative estimate of drug-likeness (QED) is 0.751. The molecule has 5 nitrogen and oxygen atoms in total. The summed E-state index contributed by atoms with van der Waals surface area (Å²) in [6.45, 7) is 6.05. The Morgan fingerprint density at radius 2 is 2.12 bits per heavy atom. The lowest BCUT2D eigenvalue weighted by molar-refractivity contribution is 0.0516. The van der Waals surface area contributed by atoms with Crippen molar-refractivity contribution in [3.63, 3.8) is 0 Å². The Bertz CT molecular complexity index is 740. The molecular weight excluding hydrogens is 416 g/mol. The molecule has 1 fully saturated rings. The van der Waals surface area contributed by atoms with Gasteiger partial charge in [-0.25, -0.2) is 4.98 Å². The van der Waals surface area contributed by atoms with Gasteiger partial charge in [0.05, 0.1) is 22.6 Å². The van der Waals surface area contributed by atoms with Gasteiger partial charge in [0.15, 0.2) is 0 Å². The zero-order valence-electron chi connectivity index (χ0n) is 14.8. The number of fused-ring (bicyclic) bond motifs is 1. The van der Waals surface area contributed by atoms with E-state index in [1.165, 1.54) is 18.5 Å². The molecule has 1 saturated heterocycles. The highest BCUT2D eigenvalue weighted by Gasteiger charge is 2.22. The summed E-state index contributed by atoms with van der Waals surface area (Å²) in [4.78, 5) is 7.20. The monoisotopic (exact) mass is 438 g/mol. The number of imidazole rings is 1. The zero-order valence-corrected chi connectivity index (χ0v) is 17.1. The molecule has 0 atom stereocenters. The van der Waals surface area contributed by atoms with E-state index in [1.807, 2.05) is 24.4 Å². The SMILES string of the molecule is Clc1cccc(Br)c1Nc1ncc2n1CCCN(CC1CCOCC1)C2. The van der Waals surface area contributed by atoms with Gasteiger partial charge in [-0.2, -0.15) is 0 Å². The average Bonchev–Trinajstić information content (AvgIpc) is 2.89. The van der Waals surface area contributed by atoms with Gasteiger partial charge in [-0.3, -0.25) is 4.90 Å². The number of halogens is 2. The fourth-order valence-corrected chi connectivity index (χ4v) is 4.63. The van der Waals surface area contributed by atoms with Crippen LogP contribution >= 0.6 is 27.5 Å². The van der Waals surface area contributed by atoms with Gasteiger partial charge in [-0.05, 0) is 53.2 Å². The number of nitrogens with one attached hydrogen (secondary N) is 1. The Balaban J connectivity index is 1.48. The fourth-order valence-electron chi connectivity index (χ4n) is 3.83. The molecule has 1 N–H and O–H groups in total. The van der Waals surface area contributed by atoms with Crippen molar-refractivity contribution in [2.45, 2.75) is 32.4 Å². The van der Waals surface area contributed by atoms with Gasteiger partial charge in [0.25, 0.3) is 0 Å². The van der Waals surface area contributed by atoms with Crippen LogP contribution in [0, 0.1) is 5.92 Å². The number of hydrogen-bond acceptors (Lipinski definition) is 4. The van der Waals surface area contributed by atoms with Crippen LogP contribution in [0.2, 0.25) is 5.02 Å². The second-order valence-corrected chi connectivity index (χ2v) is 8.35. The molecule has 140 valence electrons. The number of rotatable bonds is 4. The van der Waals surface area contributed by atoms with Gasteiger partial charge < -0.3 is 14.6 Å². The van der Waals surface area contributed by atoms with Gasteiger partial charge in [-0.15, -0.1) is 0 Å². The van der Waals surface area contributed by atoms with Crippen LogP contribution in [0.3, 0.4) is 0 Å². The molecule has 0 unspecified atom stereocenters. The van der Waals surface area contributed by atoms with Crippen LogP contribution in [0.5, 0.6) is 0 Å². The highest BCUT2D eigenvalue weighted by atomic mass is 79.9. The average molecular weight is 440 g/mol. The van der Waals surface area contributed by atoms with Gasteiger partial charge in [0.1, 0.15) is 0 Å². The molecule has 1 aromatic heterocycles. The smallest absolute Gasteiger partial charge is 0.207 e. The van der Waals surface area contributed by atoms with Crippen LogP contribution in [-0.4, -0.2) is 40.8 Å². The molecule has 0 radical (unpaired) electrons. The first-order chi connectivity index (χ1) is 12.7. The largest absolute Gasteiger partial charge is 0.381 e. The van der Waals surface area contributed by atoms with Crippen LogP contribution in [0.4, 0.5) is 11.6 Å². The third kappa shape index (κ3) is 4.09. The van der Waals surface area contributed by atoms with E-state index in [0.717, 1.165) is 67.8 Å². The third-order valence-electron chi connectivity index (χ3n) is 5.24. The van der Waals surface area contributed by atoms with E-state index in [-0.39, 0.29) is 0 Å². The summed E-state index contributed by atoms with van der Waals surface area (Å²) in [7, 11) is 0. The standard InChI is InChI=1S/C19H24BrClN4O/c20-16-3-1-4-17(21)18(16)23-19-22-11-15-13-24(7-2-8-25(15)19)12-14-5-9-26-10-6-14/h1,3-4,11,14H,2,5-10,12-13H2,(H,22,23). The van der Waals surface area contributed by atoms with E-state index in [9.17, 15) is 0 Å². The maximum Gasteiger partial charge on any atom is 0.207 e. The van der Waals surface area contributed by atoms with Crippen molar-refractivity contribution in [1.29, 1.82) is 0 Å². The topological polar surface area (TPSA) is 42.3 Å². The van der Waals surface area contributed by atoms with E-state index in [4.69, 9.17) is 16.3 Å². The summed E-state index contributed by atoms with van der Waals surface area (Å²) in [6, 6.07) is 5.80. The summed E-state index contributed by atoms with van der Waals surface area (Å²) in [6.07, 6.45) is 5.49. The van der Waals surface area contributed by atoms with Crippen molar-refractivity contribution >= 4 is 39.2 Å². The van der Waals surface area contributed by atoms with Crippen LogP contribution in [0.1, 0.15) is 25.0 Å². The van der Waals surface area contributed by atoms with Crippen molar-refractivity contribution in [3.05, 3.63) is 39.6 Å². The Labute approximate surface area is 167 Å². The first-order valence-corrected chi connectivity index (χ1v) is 10.4. The highest BCUT2D eigenvalue weighted by Crippen LogP contribution is 2.33. The van der Waals surface area contributed by atoms with Gasteiger partial charge in [-0.1, -0.05) is 17.7 Å². The summed E-state index contributed by atoms with van der Waals surface area (Å²) in [5, 5.41) is 4.10. The number of hydrogen-bond donors (Lipinski definition) is 1. The molecule has 0 aliphatic carbocycles. The van der Waals surface area contributed by atoms with E-state index < -0.39 is 0 Å². The summed E-state index contributed by atoms with van der Waals surface area (Å²) >= 11 is 9.91. The summed E-state index contributed by atoms with van der Waals surface area (Å²) in [5.41, 5.74) is 2.13. The normalized spacial score (nSPS) is 19.2. The molecule has 2 aliphatic rings. The van der Waals surface area contributed by atoms with Crippen LogP contribution in [0.25, 0.3) is 0 Å². The first kappa shape index (κ1) is 18.3. The van der Waals surface area contributed by atoms with Crippen molar-refractivity contribution < 1.29 is 4.74 Å². The maximum absolute atomic E-state index is 6.35. The Morgan fingerprint density at radius 3 is 2.92 bits per heavy atom. The number of anilines is 2. The fraction of sp³-hybridized carbons (Fsp3) is 0.526. The predicted molar refractivity (Wildman–Crippen MR) is 108 cm³/mol. The van der Waals surface area contributed by atoms with Gasteiger partial charge >= 0.3 is 0 Å². The summed E-state index contributed by atoms with van der Waals surface area (Å²) < 4.78 is 8.73. The summed E-state index contributed by atoms with van der Waals surface area (Å²) in [5.74, 6) is 1.62. The van der Waals surface area contributed by atoms with Crippen LogP contribution in [0.15, 0.2) is 28.9 Å². The molecule has 0 bridgehead atoms. The van der Waals surface area contributed by atoms with Crippen LogP contribution < -0.4 is 5.32 Å². The minimum absolute atomic E-state index is 0.687. The highest BCUT2D eigenvalue weighted by molar-refractivity contribution is 9.10. The number of ether oxygens (including phenoxy) is 1. The van der Waals surface area contributed by atoms with Crippen molar-refractivity contribution in [3.8, 4) is 0 Å². The van der Waals surface area contributed by atoms with E-state index in [2.05, 4.69) is 35.7 Å². The Kier molecular flexibility index (Phi) is 5.84. The lowest BCUT2D eigenvalue weighted by Crippen LogP contribution is -2.32. The third-order valence-corrected chi connectivity index (χ3v) is 6.21. The molecule has 4 rings (SSSR count). The minimum Gasteiger partial charge on any atom is -0.381 e. The maximum atomic E-state index is 6.35. The molecule has 2 aromatic rings. The van der Waals surface area contributed by atoms with E-state index in [1.54, 1.807) is 0 Å². The number of para-hydroxylation sites is 1. The van der Waals surface area contributed by atoms with Crippen molar-refractivity contribution in [1.82, 2.24) is 14.5 Å². The van der Waals surface area contributed by atoms with Gasteiger partial charge in [0.2, 0.25) is 5.95 Å². The van der Waals surface area contributed by atoms with Crippen molar-refractivity contribution in [2.75, 3.05) is 31.6 Å².